The molecule has 0 spiro atoms. The van der Waals surface area contributed by atoms with Crippen LogP contribution in [0.3, 0.4) is 0 Å². The number of ether oxygens (including phenoxy) is 1. The van der Waals surface area contributed by atoms with E-state index >= 15 is 0 Å². The van der Waals surface area contributed by atoms with Crippen LogP contribution < -0.4 is 14.4 Å². The van der Waals surface area contributed by atoms with Crippen molar-refractivity contribution in [1.82, 2.24) is 14.5 Å². The topological polar surface area (TPSA) is 93.5 Å². The number of carbonyl (C=O) groups excluding carboxylic acids is 1. The number of rotatable bonds is 7. The van der Waals surface area contributed by atoms with E-state index in [2.05, 4.69) is 9.82 Å². The minimum atomic E-state index is -3.52. The number of nitrogens with zero attached hydrogens (tertiary/aromatic N) is 3. The van der Waals surface area contributed by atoms with E-state index < -0.39 is 27.4 Å². The van der Waals surface area contributed by atoms with Crippen molar-refractivity contribution >= 4 is 32.5 Å². The third kappa shape index (κ3) is 4.36. The molecule has 1 amide bonds. The van der Waals surface area contributed by atoms with E-state index in [0.29, 0.717) is 30.0 Å². The SMILES string of the molecule is COc1cccc(C2C(NS(=O)(=O)C3CC3)CC(=O)N2c2ccc3c(cnn3-c3ccc(F)cc3)c2)c1. The summed E-state index contributed by atoms with van der Waals surface area (Å²) in [6, 6.07) is 17.8. The fourth-order valence-electron chi connectivity index (χ4n) is 4.99. The lowest BCUT2D eigenvalue weighted by Crippen LogP contribution is -2.41. The normalized spacial score (nSPS) is 20.1. The molecular formula is C27H25FN4O4S. The third-order valence-corrected chi connectivity index (χ3v) is 8.92. The van der Waals surface area contributed by atoms with Gasteiger partial charge in [-0.15, -0.1) is 0 Å². The molecule has 2 atom stereocenters. The van der Waals surface area contributed by atoms with Crippen LogP contribution in [0.15, 0.2) is 72.9 Å². The van der Waals surface area contributed by atoms with Gasteiger partial charge in [0.25, 0.3) is 0 Å². The molecule has 4 aromatic rings. The van der Waals surface area contributed by atoms with Crippen molar-refractivity contribution in [3.8, 4) is 11.4 Å². The Hall–Kier alpha value is -3.76. The minimum absolute atomic E-state index is 0.0424. The van der Waals surface area contributed by atoms with Crippen LogP contribution in [0.25, 0.3) is 16.6 Å². The first-order valence-electron chi connectivity index (χ1n) is 12.0. The number of halogens is 1. The minimum Gasteiger partial charge on any atom is -0.497 e. The highest BCUT2D eigenvalue weighted by atomic mass is 32.2. The second-order valence-corrected chi connectivity index (χ2v) is 11.4. The molecule has 1 aliphatic heterocycles. The summed E-state index contributed by atoms with van der Waals surface area (Å²) in [4.78, 5) is 15.0. The summed E-state index contributed by atoms with van der Waals surface area (Å²) in [5.41, 5.74) is 2.92. The third-order valence-electron chi connectivity index (χ3n) is 6.94. The zero-order valence-electron chi connectivity index (χ0n) is 20.0. The zero-order chi connectivity index (χ0) is 25.7. The molecule has 0 radical (unpaired) electrons. The molecule has 1 saturated carbocycles. The van der Waals surface area contributed by atoms with Gasteiger partial charge in [-0.25, -0.2) is 22.2 Å². The fourth-order valence-corrected chi connectivity index (χ4v) is 6.58. The Balaban J connectivity index is 1.40. The standard InChI is InChI=1S/C27H25FN4O4S/c1-36-22-4-2-3-17(14-22)27-24(30-37(34,35)23-10-11-23)15-26(33)31(27)21-9-12-25-18(13-21)16-29-32(25)20-7-5-19(28)6-8-20/h2-9,12-14,16,23-24,27,30H,10-11,15H2,1H3. The molecule has 8 nitrogen and oxygen atoms in total. The quantitative estimate of drug-likeness (QED) is 0.396. The summed E-state index contributed by atoms with van der Waals surface area (Å²) in [6.07, 6.45) is 3.01. The Kier molecular flexibility index (Phi) is 5.73. The largest absolute Gasteiger partial charge is 0.497 e. The number of carbonyl (C=O) groups is 1. The van der Waals surface area contributed by atoms with E-state index in [0.717, 1.165) is 16.5 Å². The van der Waals surface area contributed by atoms with Crippen LogP contribution in [0, 0.1) is 5.82 Å². The molecule has 37 heavy (non-hydrogen) atoms. The Labute approximate surface area is 213 Å². The second kappa shape index (κ2) is 8.97. The van der Waals surface area contributed by atoms with Crippen LogP contribution in [0.2, 0.25) is 0 Å². The maximum absolute atomic E-state index is 13.4. The molecule has 6 rings (SSSR count). The van der Waals surface area contributed by atoms with Gasteiger partial charge in [0.1, 0.15) is 11.6 Å². The predicted octanol–water partition coefficient (Wildman–Crippen LogP) is 4.10. The Bertz CT molecular complexity index is 1600. The number of hydrogen-bond donors (Lipinski definition) is 1. The van der Waals surface area contributed by atoms with E-state index in [4.69, 9.17) is 4.74 Å². The summed E-state index contributed by atoms with van der Waals surface area (Å²) in [5.74, 6) is 0.115. The predicted molar refractivity (Wildman–Crippen MR) is 138 cm³/mol. The van der Waals surface area contributed by atoms with E-state index in [1.807, 2.05) is 42.5 Å². The van der Waals surface area contributed by atoms with Crippen molar-refractivity contribution in [2.45, 2.75) is 36.6 Å². The van der Waals surface area contributed by atoms with Crippen LogP contribution in [0.4, 0.5) is 10.1 Å². The van der Waals surface area contributed by atoms with Crippen molar-refractivity contribution in [2.24, 2.45) is 0 Å². The summed E-state index contributed by atoms with van der Waals surface area (Å²) < 4.78 is 49.0. The molecule has 0 bridgehead atoms. The highest BCUT2D eigenvalue weighted by molar-refractivity contribution is 7.90. The van der Waals surface area contributed by atoms with Gasteiger partial charge in [0.05, 0.1) is 41.8 Å². The lowest BCUT2D eigenvalue weighted by molar-refractivity contribution is -0.117. The van der Waals surface area contributed by atoms with Crippen molar-refractivity contribution in [1.29, 1.82) is 0 Å². The fraction of sp³-hybridized carbons (Fsp3) is 0.259. The summed E-state index contributed by atoms with van der Waals surface area (Å²) in [7, 11) is -1.96. The molecule has 1 saturated heterocycles. The van der Waals surface area contributed by atoms with Crippen molar-refractivity contribution in [3.63, 3.8) is 0 Å². The molecular weight excluding hydrogens is 495 g/mol. The second-order valence-electron chi connectivity index (χ2n) is 9.43. The maximum Gasteiger partial charge on any atom is 0.229 e. The average molecular weight is 521 g/mol. The first kappa shape index (κ1) is 23.6. The molecule has 3 aromatic carbocycles. The van der Waals surface area contributed by atoms with Gasteiger partial charge in [0.15, 0.2) is 0 Å². The number of fused-ring (bicyclic) bond motifs is 1. The van der Waals surface area contributed by atoms with Crippen molar-refractivity contribution in [2.75, 3.05) is 12.0 Å². The van der Waals surface area contributed by atoms with E-state index in [-0.39, 0.29) is 18.1 Å². The average Bonchev–Trinajstić information content (AvgIpc) is 3.61. The Morgan fingerprint density at radius 2 is 1.78 bits per heavy atom. The Morgan fingerprint density at radius 3 is 2.51 bits per heavy atom. The van der Waals surface area contributed by atoms with Crippen molar-refractivity contribution < 1.29 is 22.3 Å². The highest BCUT2D eigenvalue weighted by Gasteiger charge is 2.46. The summed E-state index contributed by atoms with van der Waals surface area (Å²) >= 11 is 0. The number of sulfonamides is 1. The van der Waals surface area contributed by atoms with Gasteiger partial charge in [0, 0.05) is 17.5 Å². The van der Waals surface area contributed by atoms with Gasteiger partial charge < -0.3 is 9.64 Å². The molecule has 1 N–H and O–H groups in total. The van der Waals surface area contributed by atoms with E-state index in [1.165, 1.54) is 12.1 Å². The van der Waals surface area contributed by atoms with Crippen molar-refractivity contribution in [3.05, 3.63) is 84.3 Å². The molecule has 1 aromatic heterocycles. The number of hydrogen-bond acceptors (Lipinski definition) is 5. The number of benzene rings is 3. The van der Waals surface area contributed by atoms with Crippen LogP contribution in [0.5, 0.6) is 5.75 Å². The van der Waals surface area contributed by atoms with Gasteiger partial charge in [-0.05, 0) is 73.0 Å². The molecule has 10 heteroatoms. The first-order valence-corrected chi connectivity index (χ1v) is 13.6. The highest BCUT2D eigenvalue weighted by Crippen LogP contribution is 2.40. The number of methoxy groups -OCH3 is 1. The molecule has 2 unspecified atom stereocenters. The molecule has 2 fully saturated rings. The van der Waals surface area contributed by atoms with Crippen LogP contribution in [-0.2, 0) is 14.8 Å². The van der Waals surface area contributed by atoms with Gasteiger partial charge >= 0.3 is 0 Å². The van der Waals surface area contributed by atoms with Crippen LogP contribution in [0.1, 0.15) is 30.9 Å². The smallest absolute Gasteiger partial charge is 0.229 e. The van der Waals surface area contributed by atoms with E-state index in [1.54, 1.807) is 35.0 Å². The molecule has 1 aliphatic carbocycles. The monoisotopic (exact) mass is 520 g/mol. The summed E-state index contributed by atoms with van der Waals surface area (Å²) in [5, 5.41) is 4.85. The zero-order valence-corrected chi connectivity index (χ0v) is 20.9. The van der Waals surface area contributed by atoms with Gasteiger partial charge in [-0.3, -0.25) is 4.79 Å². The number of amides is 1. The molecule has 2 heterocycles. The Morgan fingerprint density at radius 1 is 1.03 bits per heavy atom. The first-order chi connectivity index (χ1) is 17.8. The lowest BCUT2D eigenvalue weighted by atomic mass is 10.00. The molecule has 190 valence electrons. The van der Waals surface area contributed by atoms with Gasteiger partial charge in [-0.1, -0.05) is 12.1 Å². The maximum atomic E-state index is 13.4. The lowest BCUT2D eigenvalue weighted by Gasteiger charge is -2.29. The van der Waals surface area contributed by atoms with Crippen LogP contribution in [-0.4, -0.2) is 42.5 Å². The van der Waals surface area contributed by atoms with Crippen LogP contribution >= 0.6 is 0 Å². The summed E-state index contributed by atoms with van der Waals surface area (Å²) in [6.45, 7) is 0. The number of anilines is 1. The number of nitrogens with one attached hydrogen (secondary N) is 1. The van der Waals surface area contributed by atoms with Gasteiger partial charge in [0.2, 0.25) is 15.9 Å². The van der Waals surface area contributed by atoms with E-state index in [9.17, 15) is 17.6 Å². The molecule has 2 aliphatic rings. The number of aromatic nitrogens is 2. The van der Waals surface area contributed by atoms with Gasteiger partial charge in [-0.2, -0.15) is 5.10 Å².